The Labute approximate surface area is 270 Å². The zero-order valence-corrected chi connectivity index (χ0v) is 25.8. The van der Waals surface area contributed by atoms with Gasteiger partial charge in [-0.25, -0.2) is 13.2 Å². The number of hydrogen-bond acceptors (Lipinski definition) is 7. The minimum Gasteiger partial charge on any atom is -0.481 e. The number of sulfone groups is 1. The molecule has 0 fully saturated rings. The van der Waals surface area contributed by atoms with Crippen molar-refractivity contribution < 1.29 is 37.4 Å². The number of benzene rings is 5. The third kappa shape index (κ3) is 7.60. The van der Waals surface area contributed by atoms with Gasteiger partial charge in [-0.2, -0.15) is 0 Å². The van der Waals surface area contributed by atoms with Gasteiger partial charge in [0.15, 0.2) is 0 Å². The zero-order valence-electron chi connectivity index (χ0n) is 25.0. The second kappa shape index (κ2) is 13.9. The number of ether oxygens (including phenoxy) is 1. The molecule has 0 atom stereocenters. The molecule has 0 saturated heterocycles. The van der Waals surface area contributed by atoms with Gasteiger partial charge in [-0.1, -0.05) is 66.7 Å². The SMILES string of the molecule is COC(=O)c1ccc(-c2ccc(C(=O)Nc3ccc(-c4ccc(NC(=O)S(=O)(=O)c5ccccc5CC(=O)O)cc4)cc3)cc2)cc1. The van der Waals surface area contributed by atoms with Gasteiger partial charge in [0.25, 0.3) is 15.7 Å². The minimum atomic E-state index is -4.49. The van der Waals surface area contributed by atoms with Gasteiger partial charge >= 0.3 is 17.2 Å². The Balaban J connectivity index is 1.20. The van der Waals surface area contributed by atoms with Crippen LogP contribution in [0.25, 0.3) is 22.3 Å². The van der Waals surface area contributed by atoms with Crippen LogP contribution in [0.15, 0.2) is 126 Å². The standard InChI is InChI=1S/C36H28N2O8S/c1-46-35(42)28-12-8-24(9-13-28)23-6-10-27(11-7-23)34(41)37-30-18-14-25(15-19-30)26-16-20-31(21-17-26)38-36(43)47(44,45)32-5-3-2-4-29(32)22-33(39)40/h2-21H,22H2,1H3,(H,37,41)(H,38,43)(H,39,40). The van der Waals surface area contributed by atoms with Gasteiger partial charge in [0.05, 0.1) is 24.0 Å². The highest BCUT2D eigenvalue weighted by molar-refractivity contribution is 8.06. The molecule has 236 valence electrons. The first kappa shape index (κ1) is 32.3. The van der Waals surface area contributed by atoms with Crippen LogP contribution in [0.4, 0.5) is 16.2 Å². The summed E-state index contributed by atoms with van der Waals surface area (Å²) in [6.07, 6.45) is -0.538. The summed E-state index contributed by atoms with van der Waals surface area (Å²) < 4.78 is 30.5. The zero-order chi connectivity index (χ0) is 33.6. The van der Waals surface area contributed by atoms with E-state index < -0.39 is 33.4 Å². The Kier molecular flexibility index (Phi) is 9.58. The van der Waals surface area contributed by atoms with E-state index in [0.29, 0.717) is 16.8 Å². The predicted molar refractivity (Wildman–Crippen MR) is 177 cm³/mol. The molecule has 0 unspecified atom stereocenters. The summed E-state index contributed by atoms with van der Waals surface area (Å²) in [5.41, 5.74) is 5.13. The smallest absolute Gasteiger partial charge is 0.345 e. The van der Waals surface area contributed by atoms with E-state index in [1.165, 1.54) is 31.4 Å². The molecule has 0 spiro atoms. The first-order valence-corrected chi connectivity index (χ1v) is 15.7. The van der Waals surface area contributed by atoms with E-state index in [0.717, 1.165) is 22.3 Å². The minimum absolute atomic E-state index is 0.0175. The van der Waals surface area contributed by atoms with Crippen molar-refractivity contribution in [3.63, 3.8) is 0 Å². The maximum atomic E-state index is 12.9. The average Bonchev–Trinajstić information content (AvgIpc) is 3.08. The third-order valence-corrected chi connectivity index (χ3v) is 8.81. The first-order valence-electron chi connectivity index (χ1n) is 14.2. The van der Waals surface area contributed by atoms with Crippen molar-refractivity contribution in [2.24, 2.45) is 0 Å². The summed E-state index contributed by atoms with van der Waals surface area (Å²) in [7, 11) is -3.16. The van der Waals surface area contributed by atoms with Crippen molar-refractivity contribution in [1.29, 1.82) is 0 Å². The Morgan fingerprint density at radius 1 is 0.617 bits per heavy atom. The Morgan fingerprint density at radius 2 is 1.06 bits per heavy atom. The Bertz CT molecular complexity index is 2060. The van der Waals surface area contributed by atoms with E-state index in [2.05, 4.69) is 10.6 Å². The molecule has 0 heterocycles. The Hall–Kier alpha value is -6.07. The molecule has 0 aliphatic heterocycles. The topological polar surface area (TPSA) is 156 Å². The van der Waals surface area contributed by atoms with Crippen LogP contribution in [0.1, 0.15) is 26.3 Å². The molecular formula is C36H28N2O8S. The van der Waals surface area contributed by atoms with Crippen LogP contribution >= 0.6 is 0 Å². The maximum Gasteiger partial charge on any atom is 0.345 e. The van der Waals surface area contributed by atoms with E-state index in [4.69, 9.17) is 9.84 Å². The van der Waals surface area contributed by atoms with Crippen molar-refractivity contribution in [3.05, 3.63) is 138 Å². The van der Waals surface area contributed by atoms with E-state index >= 15 is 0 Å². The molecule has 0 aliphatic rings. The summed E-state index contributed by atoms with van der Waals surface area (Å²) in [6, 6.07) is 33.2. The molecule has 47 heavy (non-hydrogen) atoms. The first-order chi connectivity index (χ1) is 22.5. The van der Waals surface area contributed by atoms with Crippen molar-refractivity contribution in [1.82, 2.24) is 0 Å². The van der Waals surface area contributed by atoms with Gasteiger partial charge in [0.2, 0.25) is 0 Å². The number of nitrogens with one attached hydrogen (secondary N) is 2. The molecule has 5 rings (SSSR count). The molecule has 0 saturated carbocycles. The lowest BCUT2D eigenvalue weighted by Crippen LogP contribution is -2.23. The molecule has 11 heteroatoms. The van der Waals surface area contributed by atoms with Crippen molar-refractivity contribution in [2.75, 3.05) is 17.7 Å². The van der Waals surface area contributed by atoms with E-state index in [9.17, 15) is 27.6 Å². The van der Waals surface area contributed by atoms with Crippen molar-refractivity contribution in [3.8, 4) is 22.3 Å². The molecule has 0 bridgehead atoms. The van der Waals surface area contributed by atoms with Crippen LogP contribution in [0.5, 0.6) is 0 Å². The number of carbonyl (C=O) groups is 4. The van der Waals surface area contributed by atoms with Gasteiger partial charge in [0.1, 0.15) is 0 Å². The largest absolute Gasteiger partial charge is 0.481 e. The monoisotopic (exact) mass is 648 g/mol. The number of methoxy groups -OCH3 is 1. The molecule has 3 N–H and O–H groups in total. The van der Waals surface area contributed by atoms with E-state index in [1.54, 1.807) is 60.7 Å². The van der Waals surface area contributed by atoms with Crippen LogP contribution in [0.2, 0.25) is 0 Å². The van der Waals surface area contributed by atoms with Crippen LogP contribution < -0.4 is 10.6 Å². The normalized spacial score (nSPS) is 10.9. The molecule has 5 aromatic rings. The fraction of sp³-hybridized carbons (Fsp3) is 0.0556. The number of carboxylic acids is 1. The van der Waals surface area contributed by atoms with Gasteiger partial charge in [-0.15, -0.1) is 0 Å². The molecule has 0 aromatic heterocycles. The number of esters is 1. The number of anilines is 2. The predicted octanol–water partition coefficient (Wildman–Crippen LogP) is 6.69. The molecule has 0 radical (unpaired) electrons. The maximum absolute atomic E-state index is 12.9. The lowest BCUT2D eigenvalue weighted by Gasteiger charge is -2.11. The van der Waals surface area contributed by atoms with Crippen LogP contribution in [0, 0.1) is 0 Å². The van der Waals surface area contributed by atoms with Crippen LogP contribution in [-0.2, 0) is 25.8 Å². The van der Waals surface area contributed by atoms with E-state index in [1.807, 2.05) is 36.4 Å². The van der Waals surface area contributed by atoms with Gasteiger partial charge in [-0.05, 0) is 82.4 Å². The number of rotatable bonds is 9. The van der Waals surface area contributed by atoms with Crippen LogP contribution in [0.3, 0.4) is 0 Å². The second-order valence-corrected chi connectivity index (χ2v) is 12.2. The summed E-state index contributed by atoms with van der Waals surface area (Å²) in [6.45, 7) is 0. The van der Waals surface area contributed by atoms with E-state index in [-0.39, 0.29) is 22.1 Å². The Morgan fingerprint density at radius 3 is 1.55 bits per heavy atom. The average molecular weight is 649 g/mol. The van der Waals surface area contributed by atoms with Crippen molar-refractivity contribution >= 4 is 44.3 Å². The number of amides is 2. The fourth-order valence-corrected chi connectivity index (χ4v) is 5.98. The molecule has 2 amide bonds. The summed E-state index contributed by atoms with van der Waals surface area (Å²) in [4.78, 5) is 48.0. The van der Waals surface area contributed by atoms with Crippen molar-refractivity contribution in [2.45, 2.75) is 11.3 Å². The number of aliphatic carboxylic acids is 1. The second-order valence-electron chi connectivity index (χ2n) is 10.3. The number of carbonyl (C=O) groups excluding carboxylic acids is 3. The summed E-state index contributed by atoms with van der Waals surface area (Å²) >= 11 is 0. The fourth-order valence-electron chi connectivity index (χ4n) is 4.79. The van der Waals surface area contributed by atoms with Gasteiger partial charge < -0.3 is 20.5 Å². The number of carboxylic acid groups (broad SMARTS) is 1. The molecule has 0 aliphatic carbocycles. The highest BCUT2D eigenvalue weighted by Crippen LogP contribution is 2.26. The molecule has 5 aromatic carbocycles. The molecular weight excluding hydrogens is 620 g/mol. The lowest BCUT2D eigenvalue weighted by molar-refractivity contribution is -0.136. The third-order valence-electron chi connectivity index (χ3n) is 7.24. The summed E-state index contributed by atoms with van der Waals surface area (Å²) in [5.74, 6) is -1.91. The quantitative estimate of drug-likeness (QED) is 0.149. The summed E-state index contributed by atoms with van der Waals surface area (Å²) in [5, 5.41) is 13.1. The van der Waals surface area contributed by atoms with Gasteiger partial charge in [0, 0.05) is 16.9 Å². The van der Waals surface area contributed by atoms with Gasteiger partial charge in [-0.3, -0.25) is 14.4 Å². The highest BCUT2D eigenvalue weighted by atomic mass is 32.2. The molecule has 10 nitrogen and oxygen atoms in total. The highest BCUT2D eigenvalue weighted by Gasteiger charge is 2.28. The number of hydrogen-bond donors (Lipinski definition) is 3. The van der Waals surface area contributed by atoms with Crippen LogP contribution in [-0.4, -0.2) is 43.7 Å². The lowest BCUT2D eigenvalue weighted by atomic mass is 10.0.